The minimum atomic E-state index is -0.566. The maximum Gasteiger partial charge on any atom is 0.231 e. The number of halogens is 3. The van der Waals surface area contributed by atoms with E-state index < -0.39 is 11.6 Å². The minimum Gasteiger partial charge on any atom is -0.454 e. The zero-order valence-electron chi connectivity index (χ0n) is 14.9. The van der Waals surface area contributed by atoms with Gasteiger partial charge in [0.15, 0.2) is 17.5 Å². The first-order chi connectivity index (χ1) is 12.6. The van der Waals surface area contributed by atoms with Crippen LogP contribution in [-0.4, -0.2) is 25.8 Å². The van der Waals surface area contributed by atoms with E-state index >= 15 is 0 Å². The third-order valence-electron chi connectivity index (χ3n) is 3.83. The van der Waals surface area contributed by atoms with Crippen LogP contribution < -0.4 is 20.1 Å². The summed E-state index contributed by atoms with van der Waals surface area (Å²) < 4.78 is 37.1. The van der Waals surface area contributed by atoms with Crippen molar-refractivity contribution in [2.24, 2.45) is 4.99 Å². The van der Waals surface area contributed by atoms with E-state index in [0.717, 1.165) is 23.1 Å². The fraction of sp³-hybridized carbons (Fsp3) is 0.316. The average Bonchev–Trinajstić information content (AvgIpc) is 3.06. The quantitative estimate of drug-likeness (QED) is 0.370. The third kappa shape index (κ3) is 6.23. The second-order valence-corrected chi connectivity index (χ2v) is 5.84. The van der Waals surface area contributed by atoms with Gasteiger partial charge in [0, 0.05) is 19.2 Å². The summed E-state index contributed by atoms with van der Waals surface area (Å²) in [5.74, 6) is 0.975. The van der Waals surface area contributed by atoms with Crippen LogP contribution >= 0.6 is 24.0 Å². The van der Waals surface area contributed by atoms with Gasteiger partial charge in [-0.15, -0.1) is 24.0 Å². The molecule has 27 heavy (non-hydrogen) atoms. The maximum absolute atomic E-state index is 13.2. The van der Waals surface area contributed by atoms with Gasteiger partial charge in [0.2, 0.25) is 6.79 Å². The Kier molecular flexibility index (Phi) is 8.08. The van der Waals surface area contributed by atoms with E-state index in [-0.39, 0.29) is 30.8 Å². The maximum atomic E-state index is 13.2. The first kappa shape index (κ1) is 21.2. The lowest BCUT2D eigenvalue weighted by atomic mass is 10.1. The molecular formula is C19H22F2IN3O2. The van der Waals surface area contributed by atoms with Crippen molar-refractivity contribution in [2.45, 2.75) is 19.9 Å². The van der Waals surface area contributed by atoms with Crippen LogP contribution in [0.25, 0.3) is 0 Å². The Morgan fingerprint density at radius 1 is 1.00 bits per heavy atom. The number of rotatable bonds is 6. The molecule has 0 unspecified atom stereocenters. The fourth-order valence-electron chi connectivity index (χ4n) is 2.63. The van der Waals surface area contributed by atoms with Crippen molar-refractivity contribution in [1.29, 1.82) is 0 Å². The van der Waals surface area contributed by atoms with Gasteiger partial charge in [0.25, 0.3) is 0 Å². The molecular weight excluding hydrogens is 467 g/mol. The zero-order chi connectivity index (χ0) is 18.4. The Bertz CT molecular complexity index is 782. The van der Waals surface area contributed by atoms with Gasteiger partial charge in [-0.25, -0.2) is 13.8 Å². The predicted molar refractivity (Wildman–Crippen MR) is 111 cm³/mol. The van der Waals surface area contributed by atoms with Crippen LogP contribution in [0, 0.1) is 11.6 Å². The molecule has 0 amide bonds. The summed E-state index contributed by atoms with van der Waals surface area (Å²) in [6.45, 7) is 3.91. The largest absolute Gasteiger partial charge is 0.454 e. The molecule has 0 spiro atoms. The zero-order valence-corrected chi connectivity index (χ0v) is 17.3. The molecule has 0 aromatic heterocycles. The van der Waals surface area contributed by atoms with Crippen molar-refractivity contribution in [3.8, 4) is 11.5 Å². The summed E-state index contributed by atoms with van der Waals surface area (Å²) in [6.07, 6.45) is 0.489. The number of guanidine groups is 1. The van der Waals surface area contributed by atoms with Crippen LogP contribution in [0.2, 0.25) is 0 Å². The first-order valence-corrected chi connectivity index (χ1v) is 8.49. The lowest BCUT2D eigenvalue weighted by Gasteiger charge is -2.11. The van der Waals surface area contributed by atoms with Crippen LogP contribution in [0.5, 0.6) is 11.5 Å². The van der Waals surface area contributed by atoms with Crippen molar-refractivity contribution < 1.29 is 18.3 Å². The Morgan fingerprint density at radius 3 is 2.48 bits per heavy atom. The molecule has 0 saturated carbocycles. The highest BCUT2D eigenvalue weighted by molar-refractivity contribution is 14.0. The van der Waals surface area contributed by atoms with E-state index in [4.69, 9.17) is 9.47 Å². The highest BCUT2D eigenvalue weighted by Crippen LogP contribution is 2.32. The molecule has 0 saturated heterocycles. The van der Waals surface area contributed by atoms with Gasteiger partial charge in [-0.3, -0.25) is 0 Å². The lowest BCUT2D eigenvalue weighted by Crippen LogP contribution is -2.38. The lowest BCUT2D eigenvalue weighted by molar-refractivity contribution is 0.174. The van der Waals surface area contributed by atoms with Crippen molar-refractivity contribution in [2.75, 3.05) is 19.9 Å². The standard InChI is InChI=1S/C19H21F2N3O2.HI/c1-2-22-19(23-6-5-13-7-15(20)10-16(21)8-13)24-11-14-3-4-17-18(9-14)26-12-25-17;/h3-4,7-10H,2,5-6,11-12H2,1H3,(H2,22,23,24);1H. The van der Waals surface area contributed by atoms with Gasteiger partial charge in [0.1, 0.15) is 11.6 Å². The number of nitrogens with zero attached hydrogens (tertiary/aromatic N) is 1. The molecule has 2 aromatic carbocycles. The first-order valence-electron chi connectivity index (χ1n) is 8.49. The normalized spacial score (nSPS) is 12.5. The molecule has 146 valence electrons. The predicted octanol–water partition coefficient (Wildman–Crippen LogP) is 3.61. The SMILES string of the molecule is CCNC(=NCc1ccc2c(c1)OCO2)NCCc1cc(F)cc(F)c1.I. The Balaban J connectivity index is 0.00000261. The van der Waals surface area contributed by atoms with Gasteiger partial charge >= 0.3 is 0 Å². The summed E-state index contributed by atoms with van der Waals surface area (Å²) in [4.78, 5) is 4.53. The number of hydrogen-bond acceptors (Lipinski definition) is 3. The van der Waals surface area contributed by atoms with Crippen molar-refractivity contribution in [1.82, 2.24) is 10.6 Å². The molecule has 1 aliphatic rings. The number of hydrogen-bond donors (Lipinski definition) is 2. The Labute approximate surface area is 174 Å². The van der Waals surface area contributed by atoms with Gasteiger partial charge in [0.05, 0.1) is 6.54 Å². The Morgan fingerprint density at radius 2 is 1.74 bits per heavy atom. The van der Waals surface area contributed by atoms with Crippen molar-refractivity contribution >= 4 is 29.9 Å². The molecule has 0 radical (unpaired) electrons. The Hall–Kier alpha value is -2.10. The summed E-state index contributed by atoms with van der Waals surface area (Å²) in [5, 5.41) is 6.32. The molecule has 8 heteroatoms. The third-order valence-corrected chi connectivity index (χ3v) is 3.83. The van der Waals surface area contributed by atoms with E-state index in [9.17, 15) is 8.78 Å². The molecule has 5 nitrogen and oxygen atoms in total. The van der Waals surface area contributed by atoms with Crippen LogP contribution in [0.4, 0.5) is 8.78 Å². The van der Waals surface area contributed by atoms with Crippen molar-refractivity contribution in [3.63, 3.8) is 0 Å². The summed E-state index contributed by atoms with van der Waals surface area (Å²) in [5.41, 5.74) is 1.60. The van der Waals surface area contributed by atoms with Gasteiger partial charge in [-0.2, -0.15) is 0 Å². The molecule has 0 atom stereocenters. The van der Waals surface area contributed by atoms with E-state index in [1.807, 2.05) is 25.1 Å². The number of aliphatic imine (C=N–C) groups is 1. The van der Waals surface area contributed by atoms with E-state index in [1.54, 1.807) is 0 Å². The topological polar surface area (TPSA) is 54.9 Å². The number of ether oxygens (including phenoxy) is 2. The number of nitrogens with one attached hydrogen (secondary N) is 2. The summed E-state index contributed by atoms with van der Waals surface area (Å²) in [7, 11) is 0. The number of benzene rings is 2. The second-order valence-electron chi connectivity index (χ2n) is 5.84. The highest BCUT2D eigenvalue weighted by atomic mass is 127. The van der Waals surface area contributed by atoms with E-state index in [1.165, 1.54) is 12.1 Å². The highest BCUT2D eigenvalue weighted by Gasteiger charge is 2.13. The molecule has 3 rings (SSSR count). The van der Waals surface area contributed by atoms with Crippen molar-refractivity contribution in [3.05, 3.63) is 59.2 Å². The molecule has 2 aromatic rings. The molecule has 0 bridgehead atoms. The van der Waals surface area contributed by atoms with Crippen LogP contribution in [0.1, 0.15) is 18.1 Å². The van der Waals surface area contributed by atoms with E-state index in [2.05, 4.69) is 15.6 Å². The fourth-order valence-corrected chi connectivity index (χ4v) is 2.63. The molecule has 0 fully saturated rings. The minimum absolute atomic E-state index is 0. The smallest absolute Gasteiger partial charge is 0.231 e. The summed E-state index contributed by atoms with van der Waals surface area (Å²) >= 11 is 0. The monoisotopic (exact) mass is 489 g/mol. The molecule has 1 heterocycles. The molecule has 0 aliphatic carbocycles. The van der Waals surface area contributed by atoms with Crippen LogP contribution in [0.15, 0.2) is 41.4 Å². The van der Waals surface area contributed by atoms with Gasteiger partial charge in [-0.05, 0) is 48.7 Å². The molecule has 2 N–H and O–H groups in total. The molecule has 1 aliphatic heterocycles. The van der Waals surface area contributed by atoms with Crippen LogP contribution in [0.3, 0.4) is 0 Å². The summed E-state index contributed by atoms with van der Waals surface area (Å²) in [6, 6.07) is 9.25. The average molecular weight is 489 g/mol. The van der Waals surface area contributed by atoms with Gasteiger partial charge < -0.3 is 20.1 Å². The van der Waals surface area contributed by atoms with E-state index in [0.29, 0.717) is 37.6 Å². The number of fused-ring (bicyclic) bond motifs is 1. The van der Waals surface area contributed by atoms with Crippen LogP contribution in [-0.2, 0) is 13.0 Å². The second kappa shape index (κ2) is 10.3. The van der Waals surface area contributed by atoms with Gasteiger partial charge in [-0.1, -0.05) is 6.07 Å².